The molecule has 214 valence electrons. The molecule has 1 aromatic heterocycles. The first-order chi connectivity index (χ1) is 19.4. The second-order valence-corrected chi connectivity index (χ2v) is 13.6. The summed E-state index contributed by atoms with van der Waals surface area (Å²) >= 11 is 0. The van der Waals surface area contributed by atoms with E-state index in [2.05, 4.69) is 70.1 Å². The molecule has 0 aliphatic heterocycles. The lowest BCUT2D eigenvalue weighted by Crippen LogP contribution is -2.14. The zero-order chi connectivity index (χ0) is 29.5. The lowest BCUT2D eigenvalue weighted by atomic mass is 9.81. The van der Waals surface area contributed by atoms with Crippen molar-refractivity contribution < 1.29 is 22.2 Å². The van der Waals surface area contributed by atoms with E-state index >= 15 is 0 Å². The van der Waals surface area contributed by atoms with Gasteiger partial charge in [0.05, 0.1) is 16.6 Å². The minimum absolute atomic E-state index is 0.148. The third-order valence-electron chi connectivity index (χ3n) is 7.13. The van der Waals surface area contributed by atoms with Crippen LogP contribution in [0.25, 0.3) is 33.1 Å². The van der Waals surface area contributed by atoms with Crippen molar-refractivity contribution in [3.8, 4) is 28.4 Å². The van der Waals surface area contributed by atoms with E-state index in [1.807, 2.05) is 60.7 Å². The maximum absolute atomic E-state index is 6.86. The zero-order valence-corrected chi connectivity index (χ0v) is 27.0. The van der Waals surface area contributed by atoms with Crippen molar-refractivity contribution in [2.45, 2.75) is 59.3 Å². The molecule has 0 radical (unpaired) electrons. The lowest BCUT2D eigenvalue weighted by Gasteiger charge is -2.28. The van der Waals surface area contributed by atoms with E-state index in [0.29, 0.717) is 5.75 Å². The second kappa shape index (κ2) is 11.1. The number of benzene rings is 4. The molecular weight excluding hydrogens is 550 g/mol. The molecule has 0 bridgehead atoms. The van der Waals surface area contributed by atoms with E-state index < -0.39 is 8.24 Å². The van der Waals surface area contributed by atoms with Gasteiger partial charge in [-0.3, -0.25) is 0 Å². The first-order valence-electron chi connectivity index (χ1n) is 13.7. The van der Waals surface area contributed by atoms with Gasteiger partial charge in [-0.15, -0.1) is 0 Å². The van der Waals surface area contributed by atoms with Gasteiger partial charge in [-0.25, -0.2) is 0 Å². The molecular formula is C34H38O5P2. The molecule has 41 heavy (non-hydrogen) atoms. The molecule has 0 fully saturated rings. The van der Waals surface area contributed by atoms with E-state index in [1.54, 1.807) is 7.11 Å². The summed E-state index contributed by atoms with van der Waals surface area (Å²) in [5.74, 6) is 2.18. The number of hydrogen-bond donors (Lipinski definition) is 0. The molecule has 0 N–H and O–H groups in total. The van der Waals surface area contributed by atoms with Crippen LogP contribution in [0, 0.1) is 6.92 Å². The maximum atomic E-state index is 6.86. The highest BCUT2D eigenvalue weighted by atomic mass is 31.1. The monoisotopic (exact) mass is 588 g/mol. The van der Waals surface area contributed by atoms with E-state index in [4.69, 9.17) is 22.2 Å². The van der Waals surface area contributed by atoms with Crippen LogP contribution in [-0.4, -0.2) is 7.11 Å². The standard InChI is InChI=1S/C34H38O5P2/c1-21-17-25(31(36-40)27(18-21)33(2,3)4)26-19-22(35-8)20-28(34(5,6)7)32(26)39-41-37-29-15-11-9-13-23(29)24-14-10-12-16-30(24)38-41/h9-20H,40H2,1-8H3. The van der Waals surface area contributed by atoms with Crippen LogP contribution >= 0.6 is 17.7 Å². The summed E-state index contributed by atoms with van der Waals surface area (Å²) in [6, 6.07) is 24.3. The number of fused-ring (bicyclic) bond motifs is 3. The molecule has 1 heterocycles. The van der Waals surface area contributed by atoms with Crippen LogP contribution in [0.4, 0.5) is 0 Å². The van der Waals surface area contributed by atoms with Crippen molar-refractivity contribution >= 4 is 39.6 Å². The van der Waals surface area contributed by atoms with E-state index in [1.165, 1.54) is 0 Å². The molecule has 0 amide bonds. The van der Waals surface area contributed by atoms with Gasteiger partial charge in [0.15, 0.2) is 0 Å². The van der Waals surface area contributed by atoms with E-state index in [-0.39, 0.29) is 10.8 Å². The molecule has 5 nitrogen and oxygen atoms in total. The number of rotatable bonds is 5. The molecule has 1 atom stereocenters. The van der Waals surface area contributed by atoms with Crippen LogP contribution in [0.3, 0.4) is 0 Å². The highest BCUT2D eigenvalue weighted by molar-refractivity contribution is 7.32. The summed E-state index contributed by atoms with van der Waals surface area (Å²) in [6.45, 7) is 15.2. The lowest BCUT2D eigenvalue weighted by molar-refractivity contribution is 0.410. The number of methoxy groups -OCH3 is 1. The fourth-order valence-electron chi connectivity index (χ4n) is 5.06. The Balaban J connectivity index is 1.86. The first-order valence-corrected chi connectivity index (χ1v) is 15.2. The molecule has 0 saturated heterocycles. The Morgan fingerprint density at radius 3 is 1.71 bits per heavy atom. The summed E-state index contributed by atoms with van der Waals surface area (Å²) in [6.07, 6.45) is 0. The Morgan fingerprint density at radius 1 is 0.683 bits per heavy atom. The average molecular weight is 589 g/mol. The summed E-state index contributed by atoms with van der Waals surface area (Å²) < 4.78 is 31.6. The van der Waals surface area contributed by atoms with Crippen molar-refractivity contribution in [3.05, 3.63) is 89.5 Å². The first kappa shape index (κ1) is 29.1. The Morgan fingerprint density at radius 2 is 1.20 bits per heavy atom. The van der Waals surface area contributed by atoms with Crippen LogP contribution in [-0.2, 0) is 10.8 Å². The molecule has 0 spiro atoms. The largest absolute Gasteiger partial charge is 0.497 e. The van der Waals surface area contributed by atoms with E-state index in [9.17, 15) is 0 Å². The fraction of sp³-hybridized carbons (Fsp3) is 0.294. The van der Waals surface area contributed by atoms with Gasteiger partial charge >= 0.3 is 8.24 Å². The summed E-state index contributed by atoms with van der Waals surface area (Å²) in [4.78, 5) is 0. The Hall–Kier alpha value is -3.39. The van der Waals surface area contributed by atoms with Crippen molar-refractivity contribution in [1.29, 1.82) is 0 Å². The molecule has 4 aromatic carbocycles. The average Bonchev–Trinajstić information content (AvgIpc) is 3.08. The van der Waals surface area contributed by atoms with Crippen molar-refractivity contribution in [1.82, 2.24) is 0 Å². The quantitative estimate of drug-likeness (QED) is 0.191. The van der Waals surface area contributed by atoms with Gasteiger partial charge in [0.25, 0.3) is 0 Å². The van der Waals surface area contributed by atoms with Crippen LogP contribution in [0.2, 0.25) is 0 Å². The van der Waals surface area contributed by atoms with Gasteiger partial charge in [-0.1, -0.05) is 84.0 Å². The highest BCUT2D eigenvalue weighted by Gasteiger charge is 2.29. The molecule has 7 heteroatoms. The van der Waals surface area contributed by atoms with Gasteiger partial charge in [0.1, 0.15) is 28.4 Å². The van der Waals surface area contributed by atoms with Crippen LogP contribution in [0.5, 0.6) is 17.2 Å². The highest BCUT2D eigenvalue weighted by Crippen LogP contribution is 2.51. The fourth-order valence-corrected chi connectivity index (χ4v) is 6.41. The van der Waals surface area contributed by atoms with Crippen molar-refractivity contribution in [2.24, 2.45) is 0 Å². The minimum Gasteiger partial charge on any atom is -0.497 e. The number of aryl methyl sites for hydroxylation is 1. The zero-order valence-electron chi connectivity index (χ0n) is 25.0. The third-order valence-corrected chi connectivity index (χ3v) is 8.39. The summed E-state index contributed by atoms with van der Waals surface area (Å²) in [7, 11) is 2.25. The number of para-hydroxylation sites is 2. The Labute approximate surface area is 245 Å². The number of ether oxygens (including phenoxy) is 1. The second-order valence-electron chi connectivity index (χ2n) is 12.3. The van der Waals surface area contributed by atoms with Gasteiger partial charge in [0, 0.05) is 33.0 Å². The molecule has 1 unspecified atom stereocenters. The van der Waals surface area contributed by atoms with Crippen molar-refractivity contribution in [3.63, 3.8) is 0 Å². The van der Waals surface area contributed by atoms with Crippen LogP contribution in [0.1, 0.15) is 58.2 Å². The summed E-state index contributed by atoms with van der Waals surface area (Å²) in [5, 5.41) is 1.93. The SMILES string of the molecule is COc1cc(-c2cc(C)cc(C(C)(C)C)c2OP)c(Op2oc3ccccc3c3ccccc3o2)c(C(C)(C)C)c1. The van der Waals surface area contributed by atoms with Gasteiger partial charge in [-0.2, -0.15) is 0 Å². The van der Waals surface area contributed by atoms with Crippen molar-refractivity contribution in [2.75, 3.05) is 7.11 Å². The predicted molar refractivity (Wildman–Crippen MR) is 173 cm³/mol. The van der Waals surface area contributed by atoms with Crippen LogP contribution in [0.15, 0.2) is 81.2 Å². The topological polar surface area (TPSA) is 54.0 Å². The van der Waals surface area contributed by atoms with E-state index in [0.717, 1.165) is 61.3 Å². The molecule has 0 aliphatic rings. The minimum atomic E-state index is -1.87. The van der Waals surface area contributed by atoms with Crippen LogP contribution < -0.4 is 13.8 Å². The molecule has 0 aliphatic carbocycles. The predicted octanol–water partition coefficient (Wildman–Crippen LogP) is 10.9. The maximum Gasteiger partial charge on any atom is 0.453 e. The smallest absolute Gasteiger partial charge is 0.453 e. The normalized spacial score (nSPS) is 12.0. The van der Waals surface area contributed by atoms with Gasteiger partial charge < -0.3 is 22.2 Å². The number of hydrogen-bond acceptors (Lipinski definition) is 5. The Bertz CT molecular complexity index is 1720. The van der Waals surface area contributed by atoms with Gasteiger partial charge in [-0.05, 0) is 53.6 Å². The summed E-state index contributed by atoms with van der Waals surface area (Å²) in [5.41, 5.74) is 5.96. The molecule has 5 aromatic rings. The Kier molecular flexibility index (Phi) is 7.90. The van der Waals surface area contributed by atoms with Gasteiger partial charge in [0.2, 0.25) is 0 Å². The molecule has 0 saturated carbocycles. The third kappa shape index (κ3) is 5.85. The molecule has 5 rings (SSSR count).